The van der Waals surface area contributed by atoms with Crippen molar-refractivity contribution in [1.82, 2.24) is 25.1 Å². The van der Waals surface area contributed by atoms with Crippen molar-refractivity contribution < 1.29 is 8.81 Å². The standard InChI is InChI=1S/C25H27FN6O/c1-18-9-10-19(2)23(16-18)30-11-13-31(14-12-30)24(21-7-3-4-8-22(21)26)25-27-28-29-32(25)17-20-6-5-15-33-20/h3-10,15-16,24H,11-14,17H2,1-2H3/t24-/m1/s1. The molecule has 8 heteroatoms. The minimum Gasteiger partial charge on any atom is -0.467 e. The fourth-order valence-corrected chi connectivity index (χ4v) is 4.55. The lowest BCUT2D eigenvalue weighted by Gasteiger charge is -2.40. The Morgan fingerprint density at radius 1 is 1.00 bits per heavy atom. The van der Waals surface area contributed by atoms with Gasteiger partial charge in [-0.3, -0.25) is 4.90 Å². The fraction of sp³-hybridized carbons (Fsp3) is 0.320. The van der Waals surface area contributed by atoms with Gasteiger partial charge in [-0.15, -0.1) is 5.10 Å². The summed E-state index contributed by atoms with van der Waals surface area (Å²) in [4.78, 5) is 4.67. The lowest BCUT2D eigenvalue weighted by Crippen LogP contribution is -2.48. The quantitative estimate of drug-likeness (QED) is 0.446. The number of furan rings is 1. The molecule has 170 valence electrons. The van der Waals surface area contributed by atoms with Crippen LogP contribution < -0.4 is 4.90 Å². The smallest absolute Gasteiger partial charge is 0.173 e. The van der Waals surface area contributed by atoms with Gasteiger partial charge in [0.15, 0.2) is 5.82 Å². The zero-order valence-electron chi connectivity index (χ0n) is 18.9. The molecule has 4 aromatic rings. The van der Waals surface area contributed by atoms with Crippen molar-refractivity contribution in [3.8, 4) is 0 Å². The number of hydrogen-bond donors (Lipinski definition) is 0. The molecule has 1 atom stereocenters. The number of rotatable bonds is 6. The summed E-state index contributed by atoms with van der Waals surface area (Å²) in [5, 5.41) is 12.4. The zero-order valence-corrected chi connectivity index (χ0v) is 18.9. The Balaban J connectivity index is 1.44. The van der Waals surface area contributed by atoms with Crippen LogP contribution in [0, 0.1) is 19.7 Å². The van der Waals surface area contributed by atoms with Crippen molar-refractivity contribution in [3.63, 3.8) is 0 Å². The highest BCUT2D eigenvalue weighted by Gasteiger charge is 2.32. The Hall–Kier alpha value is -3.52. The van der Waals surface area contributed by atoms with Crippen LogP contribution >= 0.6 is 0 Å². The maximum absolute atomic E-state index is 15.0. The van der Waals surface area contributed by atoms with E-state index in [4.69, 9.17) is 4.42 Å². The molecular weight excluding hydrogens is 419 g/mol. The summed E-state index contributed by atoms with van der Waals surface area (Å²) in [6.07, 6.45) is 1.63. The highest BCUT2D eigenvalue weighted by atomic mass is 19.1. The number of aromatic nitrogens is 4. The summed E-state index contributed by atoms with van der Waals surface area (Å²) < 4.78 is 22.2. The van der Waals surface area contributed by atoms with Crippen LogP contribution in [0.3, 0.4) is 0 Å². The third kappa shape index (κ3) is 4.39. The van der Waals surface area contributed by atoms with E-state index in [1.54, 1.807) is 17.0 Å². The molecule has 0 spiro atoms. The van der Waals surface area contributed by atoms with E-state index in [2.05, 4.69) is 57.4 Å². The van der Waals surface area contributed by atoms with Crippen LogP contribution in [0.2, 0.25) is 0 Å². The highest BCUT2D eigenvalue weighted by molar-refractivity contribution is 5.55. The topological polar surface area (TPSA) is 63.2 Å². The number of piperazine rings is 1. The van der Waals surface area contributed by atoms with Gasteiger partial charge in [-0.2, -0.15) is 0 Å². The van der Waals surface area contributed by atoms with Crippen molar-refractivity contribution in [3.05, 3.63) is 95.0 Å². The predicted octanol–water partition coefficient (Wildman–Crippen LogP) is 3.98. The Bertz CT molecular complexity index is 1210. The van der Waals surface area contributed by atoms with Gasteiger partial charge in [-0.25, -0.2) is 9.07 Å². The van der Waals surface area contributed by atoms with Gasteiger partial charge in [0.25, 0.3) is 0 Å². The molecule has 3 heterocycles. The van der Waals surface area contributed by atoms with Crippen LogP contribution in [0.1, 0.15) is 34.3 Å². The summed E-state index contributed by atoms with van der Waals surface area (Å²) in [5.41, 5.74) is 4.36. The van der Waals surface area contributed by atoms with Gasteiger partial charge in [0.1, 0.15) is 24.2 Å². The van der Waals surface area contributed by atoms with E-state index in [9.17, 15) is 0 Å². The SMILES string of the molecule is Cc1ccc(C)c(N2CCN([C@H](c3ccccc3F)c3nnnn3Cc3ccco3)CC2)c1. The number of anilines is 1. The van der Waals surface area contributed by atoms with Gasteiger partial charge < -0.3 is 9.32 Å². The van der Waals surface area contributed by atoms with Crippen LogP contribution in [0.5, 0.6) is 0 Å². The Morgan fingerprint density at radius 3 is 2.58 bits per heavy atom. The second-order valence-corrected chi connectivity index (χ2v) is 8.51. The highest BCUT2D eigenvalue weighted by Crippen LogP contribution is 2.31. The molecule has 0 bridgehead atoms. The number of halogens is 1. The van der Waals surface area contributed by atoms with Crippen molar-refractivity contribution in [2.45, 2.75) is 26.4 Å². The Kier molecular flexibility index (Phi) is 5.92. The number of aryl methyl sites for hydroxylation is 2. The molecule has 0 aliphatic carbocycles. The maximum Gasteiger partial charge on any atom is 0.173 e. The molecule has 0 amide bonds. The second-order valence-electron chi connectivity index (χ2n) is 8.51. The monoisotopic (exact) mass is 446 g/mol. The average molecular weight is 447 g/mol. The van der Waals surface area contributed by atoms with E-state index < -0.39 is 6.04 Å². The lowest BCUT2D eigenvalue weighted by atomic mass is 10.0. The molecule has 1 fully saturated rings. The second kappa shape index (κ2) is 9.15. The van der Waals surface area contributed by atoms with Gasteiger partial charge >= 0.3 is 0 Å². The first-order valence-electron chi connectivity index (χ1n) is 11.2. The lowest BCUT2D eigenvalue weighted by molar-refractivity contribution is 0.197. The van der Waals surface area contributed by atoms with Gasteiger partial charge in [0.2, 0.25) is 0 Å². The van der Waals surface area contributed by atoms with E-state index >= 15 is 4.39 Å². The molecule has 1 saturated heterocycles. The first kappa shape index (κ1) is 21.3. The molecule has 33 heavy (non-hydrogen) atoms. The predicted molar refractivity (Wildman–Crippen MR) is 124 cm³/mol. The maximum atomic E-state index is 15.0. The first-order chi connectivity index (χ1) is 16.1. The van der Waals surface area contributed by atoms with Crippen LogP contribution in [-0.4, -0.2) is 51.3 Å². The van der Waals surface area contributed by atoms with Gasteiger partial charge in [0, 0.05) is 37.4 Å². The number of hydrogen-bond acceptors (Lipinski definition) is 6. The largest absolute Gasteiger partial charge is 0.467 e. The third-order valence-corrected chi connectivity index (χ3v) is 6.27. The van der Waals surface area contributed by atoms with E-state index in [1.165, 1.54) is 22.9 Å². The van der Waals surface area contributed by atoms with E-state index in [1.807, 2.05) is 24.3 Å². The van der Waals surface area contributed by atoms with Crippen LogP contribution in [-0.2, 0) is 6.54 Å². The summed E-state index contributed by atoms with van der Waals surface area (Å²) >= 11 is 0. The van der Waals surface area contributed by atoms with E-state index in [-0.39, 0.29) is 5.82 Å². The van der Waals surface area contributed by atoms with Crippen LogP contribution in [0.4, 0.5) is 10.1 Å². The molecular formula is C25H27FN6O. The molecule has 2 aromatic carbocycles. The fourth-order valence-electron chi connectivity index (χ4n) is 4.55. The summed E-state index contributed by atoms with van der Waals surface area (Å²) in [6.45, 7) is 7.87. The molecule has 0 N–H and O–H groups in total. The van der Waals surface area contributed by atoms with Gasteiger partial charge in [-0.05, 0) is 59.7 Å². The molecule has 1 aliphatic rings. The van der Waals surface area contributed by atoms with Crippen LogP contribution in [0.25, 0.3) is 0 Å². The zero-order chi connectivity index (χ0) is 22.8. The van der Waals surface area contributed by atoms with Crippen molar-refractivity contribution in [2.24, 2.45) is 0 Å². The van der Waals surface area contributed by atoms with Crippen molar-refractivity contribution in [1.29, 1.82) is 0 Å². The molecule has 1 aliphatic heterocycles. The molecule has 2 aromatic heterocycles. The van der Waals surface area contributed by atoms with E-state index in [0.29, 0.717) is 17.9 Å². The molecule has 0 radical (unpaired) electrons. The summed E-state index contributed by atoms with van der Waals surface area (Å²) in [5.74, 6) is 1.10. The first-order valence-corrected chi connectivity index (χ1v) is 11.2. The molecule has 0 unspecified atom stereocenters. The number of tetrazole rings is 1. The average Bonchev–Trinajstić information content (AvgIpc) is 3.50. The molecule has 5 rings (SSSR count). The summed E-state index contributed by atoms with van der Waals surface area (Å²) in [7, 11) is 0. The number of benzene rings is 2. The minimum atomic E-state index is -0.392. The summed E-state index contributed by atoms with van der Waals surface area (Å²) in [6, 6.07) is 16.8. The van der Waals surface area contributed by atoms with E-state index in [0.717, 1.165) is 31.9 Å². The molecule has 0 saturated carbocycles. The van der Waals surface area contributed by atoms with Gasteiger partial charge in [0.05, 0.1) is 6.26 Å². The van der Waals surface area contributed by atoms with Crippen molar-refractivity contribution in [2.75, 3.05) is 31.1 Å². The third-order valence-electron chi connectivity index (χ3n) is 6.27. The van der Waals surface area contributed by atoms with Crippen molar-refractivity contribution >= 4 is 5.69 Å². The number of nitrogens with zero attached hydrogens (tertiary/aromatic N) is 6. The Morgan fingerprint density at radius 2 is 1.82 bits per heavy atom. The molecule has 7 nitrogen and oxygen atoms in total. The van der Waals surface area contributed by atoms with Crippen LogP contribution in [0.15, 0.2) is 65.3 Å². The Labute approximate surface area is 192 Å². The van der Waals surface area contributed by atoms with Gasteiger partial charge in [-0.1, -0.05) is 30.3 Å². The normalized spacial score (nSPS) is 15.7. The minimum absolute atomic E-state index is 0.257.